The van der Waals surface area contributed by atoms with Crippen LogP contribution in [-0.4, -0.2) is 12.9 Å². The monoisotopic (exact) mass is 314 g/mol. The SMILES string of the molecule is COc1cc(Cl)ccc1C(=O)c1ccc(Cl)c(Cl)c1. The predicted octanol–water partition coefficient (Wildman–Crippen LogP) is 4.89. The zero-order valence-electron chi connectivity index (χ0n) is 9.91. The molecule has 0 saturated carbocycles. The highest BCUT2D eigenvalue weighted by Gasteiger charge is 2.15. The average molecular weight is 316 g/mol. The molecule has 98 valence electrons. The maximum Gasteiger partial charge on any atom is 0.196 e. The highest BCUT2D eigenvalue weighted by atomic mass is 35.5. The van der Waals surface area contributed by atoms with E-state index >= 15 is 0 Å². The summed E-state index contributed by atoms with van der Waals surface area (Å²) in [5, 5.41) is 1.24. The van der Waals surface area contributed by atoms with Crippen molar-refractivity contribution in [3.05, 3.63) is 62.6 Å². The summed E-state index contributed by atoms with van der Waals surface area (Å²) in [5.74, 6) is 0.218. The first kappa shape index (κ1) is 14.2. The van der Waals surface area contributed by atoms with Crippen molar-refractivity contribution in [1.29, 1.82) is 0 Å². The van der Waals surface area contributed by atoms with E-state index in [2.05, 4.69) is 0 Å². The summed E-state index contributed by atoms with van der Waals surface area (Å²) in [4.78, 5) is 12.4. The lowest BCUT2D eigenvalue weighted by Gasteiger charge is -2.08. The first-order valence-corrected chi connectivity index (χ1v) is 6.49. The topological polar surface area (TPSA) is 26.3 Å². The standard InChI is InChI=1S/C14H9Cl3O2/c1-19-13-7-9(15)3-4-10(13)14(18)8-2-5-11(16)12(17)6-8/h2-7H,1H3. The fourth-order valence-electron chi connectivity index (χ4n) is 1.65. The van der Waals surface area contributed by atoms with Crippen LogP contribution in [0.2, 0.25) is 15.1 Å². The van der Waals surface area contributed by atoms with Crippen LogP contribution in [0.5, 0.6) is 5.75 Å². The molecule has 19 heavy (non-hydrogen) atoms. The number of ether oxygens (including phenoxy) is 1. The fourth-order valence-corrected chi connectivity index (χ4v) is 2.11. The van der Waals surface area contributed by atoms with Gasteiger partial charge in [-0.05, 0) is 36.4 Å². The summed E-state index contributed by atoms with van der Waals surface area (Å²) in [7, 11) is 1.48. The number of benzene rings is 2. The number of halogens is 3. The van der Waals surface area contributed by atoms with Gasteiger partial charge in [-0.15, -0.1) is 0 Å². The van der Waals surface area contributed by atoms with E-state index in [4.69, 9.17) is 39.5 Å². The van der Waals surface area contributed by atoms with E-state index in [-0.39, 0.29) is 5.78 Å². The Bertz CT molecular complexity index is 639. The van der Waals surface area contributed by atoms with Gasteiger partial charge in [-0.3, -0.25) is 4.79 Å². The van der Waals surface area contributed by atoms with Crippen LogP contribution in [0.15, 0.2) is 36.4 Å². The van der Waals surface area contributed by atoms with E-state index in [0.29, 0.717) is 31.9 Å². The third-order valence-corrected chi connectivity index (χ3v) is 3.56. The van der Waals surface area contributed by atoms with E-state index in [9.17, 15) is 4.79 Å². The molecule has 2 nitrogen and oxygen atoms in total. The highest BCUT2D eigenvalue weighted by Crippen LogP contribution is 2.28. The van der Waals surface area contributed by atoms with Gasteiger partial charge in [-0.2, -0.15) is 0 Å². The largest absolute Gasteiger partial charge is 0.496 e. The maximum absolute atomic E-state index is 12.4. The van der Waals surface area contributed by atoms with Crippen molar-refractivity contribution >= 4 is 40.6 Å². The van der Waals surface area contributed by atoms with Crippen LogP contribution in [0.4, 0.5) is 0 Å². The molecule has 0 aliphatic carbocycles. The second kappa shape index (κ2) is 5.83. The Hall–Kier alpha value is -1.22. The number of methoxy groups -OCH3 is 1. The van der Waals surface area contributed by atoms with Crippen LogP contribution < -0.4 is 4.74 Å². The van der Waals surface area contributed by atoms with Crippen molar-refractivity contribution in [3.8, 4) is 5.75 Å². The molecule has 0 N–H and O–H groups in total. The van der Waals surface area contributed by atoms with Crippen molar-refractivity contribution in [2.45, 2.75) is 0 Å². The molecule has 0 fully saturated rings. The summed E-state index contributed by atoms with van der Waals surface area (Å²) < 4.78 is 5.16. The van der Waals surface area contributed by atoms with E-state index < -0.39 is 0 Å². The molecule has 0 atom stereocenters. The molecule has 2 rings (SSSR count). The Morgan fingerprint density at radius 2 is 1.74 bits per heavy atom. The van der Waals surface area contributed by atoms with Gasteiger partial charge in [0.1, 0.15) is 5.75 Å². The van der Waals surface area contributed by atoms with E-state index in [0.717, 1.165) is 0 Å². The van der Waals surface area contributed by atoms with Crippen LogP contribution >= 0.6 is 34.8 Å². The van der Waals surface area contributed by atoms with Gasteiger partial charge in [0.05, 0.1) is 22.7 Å². The molecule has 0 aliphatic heterocycles. The van der Waals surface area contributed by atoms with E-state index in [1.54, 1.807) is 30.3 Å². The molecule has 0 radical (unpaired) electrons. The van der Waals surface area contributed by atoms with Gasteiger partial charge in [0.2, 0.25) is 0 Å². The lowest BCUT2D eigenvalue weighted by Crippen LogP contribution is -2.04. The number of hydrogen-bond acceptors (Lipinski definition) is 2. The van der Waals surface area contributed by atoms with E-state index in [1.165, 1.54) is 13.2 Å². The van der Waals surface area contributed by atoms with Crippen LogP contribution in [0, 0.1) is 0 Å². The molecule has 0 aromatic heterocycles. The summed E-state index contributed by atoms with van der Waals surface area (Å²) in [6.45, 7) is 0. The Kier molecular flexibility index (Phi) is 4.35. The smallest absolute Gasteiger partial charge is 0.196 e. The molecule has 0 saturated heterocycles. The minimum absolute atomic E-state index is 0.202. The minimum atomic E-state index is -0.202. The average Bonchev–Trinajstić information content (AvgIpc) is 2.41. The van der Waals surface area contributed by atoms with Crippen LogP contribution in [0.25, 0.3) is 0 Å². The molecular weight excluding hydrogens is 307 g/mol. The minimum Gasteiger partial charge on any atom is -0.496 e. The molecule has 0 amide bonds. The Balaban J connectivity index is 2.46. The molecule has 0 unspecified atom stereocenters. The van der Waals surface area contributed by atoms with Crippen molar-refractivity contribution in [1.82, 2.24) is 0 Å². The lowest BCUT2D eigenvalue weighted by atomic mass is 10.0. The van der Waals surface area contributed by atoms with Gasteiger partial charge >= 0.3 is 0 Å². The molecule has 0 heterocycles. The van der Waals surface area contributed by atoms with Crippen molar-refractivity contribution in [3.63, 3.8) is 0 Å². The lowest BCUT2D eigenvalue weighted by molar-refractivity contribution is 0.103. The van der Waals surface area contributed by atoms with Gasteiger partial charge < -0.3 is 4.74 Å². The van der Waals surface area contributed by atoms with Crippen LogP contribution in [0.3, 0.4) is 0 Å². The molecular formula is C14H9Cl3O2. The molecule has 5 heteroatoms. The quantitative estimate of drug-likeness (QED) is 0.754. The van der Waals surface area contributed by atoms with E-state index in [1.807, 2.05) is 0 Å². The number of rotatable bonds is 3. The van der Waals surface area contributed by atoms with Crippen molar-refractivity contribution < 1.29 is 9.53 Å². The number of ketones is 1. The van der Waals surface area contributed by atoms with Gasteiger partial charge in [0.15, 0.2) is 5.78 Å². The first-order valence-electron chi connectivity index (χ1n) is 5.36. The zero-order chi connectivity index (χ0) is 14.0. The van der Waals surface area contributed by atoms with Gasteiger partial charge in [-0.25, -0.2) is 0 Å². The second-order valence-electron chi connectivity index (χ2n) is 3.80. The third-order valence-electron chi connectivity index (χ3n) is 2.59. The van der Waals surface area contributed by atoms with Crippen molar-refractivity contribution in [2.24, 2.45) is 0 Å². The first-order chi connectivity index (χ1) is 9.02. The molecule has 0 aliphatic rings. The molecule has 2 aromatic rings. The zero-order valence-corrected chi connectivity index (χ0v) is 12.2. The summed E-state index contributed by atoms with van der Waals surface area (Å²) in [5.41, 5.74) is 0.861. The number of carbonyl (C=O) groups excluding carboxylic acids is 1. The third kappa shape index (κ3) is 3.03. The fraction of sp³-hybridized carbons (Fsp3) is 0.0714. The number of hydrogen-bond donors (Lipinski definition) is 0. The van der Waals surface area contributed by atoms with Gasteiger partial charge in [0, 0.05) is 10.6 Å². The highest BCUT2D eigenvalue weighted by molar-refractivity contribution is 6.42. The maximum atomic E-state index is 12.4. The Morgan fingerprint density at radius 1 is 1.00 bits per heavy atom. The van der Waals surface area contributed by atoms with Crippen LogP contribution in [-0.2, 0) is 0 Å². The predicted molar refractivity (Wildman–Crippen MR) is 77.9 cm³/mol. The summed E-state index contributed by atoms with van der Waals surface area (Å²) in [6.07, 6.45) is 0. The Labute approximate surface area is 125 Å². The molecule has 0 spiro atoms. The Morgan fingerprint density at radius 3 is 2.37 bits per heavy atom. The molecule has 2 aromatic carbocycles. The van der Waals surface area contributed by atoms with Gasteiger partial charge in [-0.1, -0.05) is 34.8 Å². The van der Waals surface area contributed by atoms with Crippen LogP contribution in [0.1, 0.15) is 15.9 Å². The van der Waals surface area contributed by atoms with Crippen molar-refractivity contribution in [2.75, 3.05) is 7.11 Å². The summed E-state index contributed by atoms with van der Waals surface area (Å²) >= 11 is 17.6. The summed E-state index contributed by atoms with van der Waals surface area (Å²) in [6, 6.07) is 9.57. The molecule has 0 bridgehead atoms. The number of carbonyl (C=O) groups is 1. The second-order valence-corrected chi connectivity index (χ2v) is 5.05. The normalized spacial score (nSPS) is 10.3. The van der Waals surface area contributed by atoms with Gasteiger partial charge in [0.25, 0.3) is 0 Å².